The number of carboxylic acids is 1. The molecule has 1 unspecified atom stereocenters. The van der Waals surface area contributed by atoms with E-state index in [1.807, 2.05) is 6.92 Å². The SMILES string of the molecule is CCCC[C@H](NC(=O)C1(C)CCCO1)C(=O)O. The highest BCUT2D eigenvalue weighted by Gasteiger charge is 2.39. The Kier molecular flexibility index (Phi) is 4.93. The molecule has 98 valence electrons. The number of amides is 1. The molecule has 1 aliphatic heterocycles. The van der Waals surface area contributed by atoms with E-state index in [9.17, 15) is 9.59 Å². The molecule has 0 spiro atoms. The average Bonchev–Trinajstić information content (AvgIpc) is 2.72. The minimum Gasteiger partial charge on any atom is -0.480 e. The van der Waals surface area contributed by atoms with Crippen molar-refractivity contribution in [2.75, 3.05) is 6.61 Å². The standard InChI is InChI=1S/C12H21NO4/c1-3-4-6-9(10(14)15)13-11(16)12(2)7-5-8-17-12/h9H,3-8H2,1-2H3,(H,13,16)(H,14,15)/t9-,12?/m0/s1. The van der Waals surface area contributed by atoms with Crippen molar-refractivity contribution in [2.24, 2.45) is 0 Å². The van der Waals surface area contributed by atoms with Crippen LogP contribution >= 0.6 is 0 Å². The number of aliphatic carboxylic acids is 1. The van der Waals surface area contributed by atoms with Crippen molar-refractivity contribution in [3.8, 4) is 0 Å². The number of carbonyl (C=O) groups excluding carboxylic acids is 1. The molecule has 1 fully saturated rings. The highest BCUT2D eigenvalue weighted by molar-refractivity contribution is 5.89. The van der Waals surface area contributed by atoms with E-state index < -0.39 is 17.6 Å². The molecule has 0 aliphatic carbocycles. The van der Waals surface area contributed by atoms with Gasteiger partial charge in [-0.05, 0) is 26.2 Å². The predicted molar refractivity (Wildman–Crippen MR) is 62.7 cm³/mol. The summed E-state index contributed by atoms with van der Waals surface area (Å²) in [7, 11) is 0. The molecular weight excluding hydrogens is 222 g/mol. The molecule has 0 aromatic heterocycles. The van der Waals surface area contributed by atoms with Gasteiger partial charge in [-0.2, -0.15) is 0 Å². The second-order valence-electron chi connectivity index (χ2n) is 4.69. The molecule has 0 saturated carbocycles. The molecular formula is C12H21NO4. The van der Waals surface area contributed by atoms with E-state index in [1.54, 1.807) is 6.92 Å². The van der Waals surface area contributed by atoms with E-state index in [-0.39, 0.29) is 5.91 Å². The Hall–Kier alpha value is -1.10. The average molecular weight is 243 g/mol. The number of unbranched alkanes of at least 4 members (excludes halogenated alkanes) is 1. The topological polar surface area (TPSA) is 75.6 Å². The quantitative estimate of drug-likeness (QED) is 0.737. The predicted octanol–water partition coefficient (Wildman–Crippen LogP) is 1.32. The Balaban J connectivity index is 2.54. The van der Waals surface area contributed by atoms with Gasteiger partial charge < -0.3 is 15.2 Å². The van der Waals surface area contributed by atoms with Crippen molar-refractivity contribution in [1.82, 2.24) is 5.32 Å². The number of hydrogen-bond acceptors (Lipinski definition) is 3. The molecule has 0 bridgehead atoms. The monoisotopic (exact) mass is 243 g/mol. The van der Waals surface area contributed by atoms with Crippen molar-refractivity contribution in [3.63, 3.8) is 0 Å². The zero-order valence-corrected chi connectivity index (χ0v) is 10.5. The van der Waals surface area contributed by atoms with Gasteiger partial charge in [-0.25, -0.2) is 4.79 Å². The molecule has 0 aromatic carbocycles. The van der Waals surface area contributed by atoms with Gasteiger partial charge in [-0.3, -0.25) is 4.79 Å². The summed E-state index contributed by atoms with van der Waals surface area (Å²) < 4.78 is 5.38. The van der Waals surface area contributed by atoms with Crippen LogP contribution in [-0.2, 0) is 14.3 Å². The Bertz CT molecular complexity index is 284. The zero-order valence-electron chi connectivity index (χ0n) is 10.5. The second-order valence-corrected chi connectivity index (χ2v) is 4.69. The van der Waals surface area contributed by atoms with E-state index in [4.69, 9.17) is 9.84 Å². The highest BCUT2D eigenvalue weighted by atomic mass is 16.5. The van der Waals surface area contributed by atoms with Gasteiger partial charge in [0, 0.05) is 6.61 Å². The van der Waals surface area contributed by atoms with Crippen LogP contribution in [0.5, 0.6) is 0 Å². The summed E-state index contributed by atoms with van der Waals surface area (Å²) in [5, 5.41) is 11.6. The number of nitrogens with one attached hydrogen (secondary N) is 1. The van der Waals surface area contributed by atoms with Crippen LogP contribution in [0.4, 0.5) is 0 Å². The van der Waals surface area contributed by atoms with Crippen molar-refractivity contribution in [3.05, 3.63) is 0 Å². The van der Waals surface area contributed by atoms with E-state index in [1.165, 1.54) is 0 Å². The molecule has 5 nitrogen and oxygen atoms in total. The van der Waals surface area contributed by atoms with E-state index in [0.717, 1.165) is 19.3 Å². The van der Waals surface area contributed by atoms with E-state index >= 15 is 0 Å². The smallest absolute Gasteiger partial charge is 0.326 e. The second kappa shape index (κ2) is 6.00. The van der Waals surface area contributed by atoms with Gasteiger partial charge in [0.2, 0.25) is 0 Å². The van der Waals surface area contributed by atoms with Gasteiger partial charge in [0.05, 0.1) is 0 Å². The van der Waals surface area contributed by atoms with Crippen LogP contribution in [0, 0.1) is 0 Å². The third-order valence-corrected chi connectivity index (χ3v) is 3.15. The van der Waals surface area contributed by atoms with Crippen LogP contribution in [0.2, 0.25) is 0 Å². The fourth-order valence-electron chi connectivity index (χ4n) is 1.93. The largest absolute Gasteiger partial charge is 0.480 e. The van der Waals surface area contributed by atoms with Crippen LogP contribution < -0.4 is 5.32 Å². The summed E-state index contributed by atoms with van der Waals surface area (Å²) in [5.74, 6) is -1.29. The van der Waals surface area contributed by atoms with Crippen molar-refractivity contribution in [1.29, 1.82) is 0 Å². The number of hydrogen-bond donors (Lipinski definition) is 2. The third-order valence-electron chi connectivity index (χ3n) is 3.15. The molecule has 1 heterocycles. The molecule has 1 saturated heterocycles. The van der Waals surface area contributed by atoms with Gasteiger partial charge in [0.1, 0.15) is 11.6 Å². The van der Waals surface area contributed by atoms with Crippen LogP contribution in [0.1, 0.15) is 46.0 Å². The summed E-state index contributed by atoms with van der Waals surface area (Å²) in [5.41, 5.74) is -0.847. The number of ether oxygens (including phenoxy) is 1. The lowest BCUT2D eigenvalue weighted by molar-refractivity contribution is -0.147. The first-order valence-corrected chi connectivity index (χ1v) is 6.17. The van der Waals surface area contributed by atoms with E-state index in [2.05, 4.69) is 5.32 Å². The summed E-state index contributed by atoms with van der Waals surface area (Å²) in [6.07, 6.45) is 3.66. The fourth-order valence-corrected chi connectivity index (χ4v) is 1.93. The van der Waals surface area contributed by atoms with Gasteiger partial charge >= 0.3 is 5.97 Å². The highest BCUT2D eigenvalue weighted by Crippen LogP contribution is 2.25. The van der Waals surface area contributed by atoms with Gasteiger partial charge in [-0.15, -0.1) is 0 Å². The summed E-state index contributed by atoms with van der Waals surface area (Å²) in [6, 6.07) is -0.802. The normalized spacial score (nSPS) is 25.5. The molecule has 0 aromatic rings. The van der Waals surface area contributed by atoms with Crippen molar-refractivity contribution < 1.29 is 19.4 Å². The van der Waals surface area contributed by atoms with Crippen LogP contribution in [0.3, 0.4) is 0 Å². The molecule has 2 N–H and O–H groups in total. The number of carbonyl (C=O) groups is 2. The molecule has 2 atom stereocenters. The Morgan fingerprint density at radius 1 is 1.53 bits per heavy atom. The Morgan fingerprint density at radius 2 is 2.24 bits per heavy atom. The molecule has 17 heavy (non-hydrogen) atoms. The Morgan fingerprint density at radius 3 is 2.71 bits per heavy atom. The first-order chi connectivity index (χ1) is 7.99. The van der Waals surface area contributed by atoms with Crippen LogP contribution in [0.15, 0.2) is 0 Å². The maximum absolute atomic E-state index is 11.9. The van der Waals surface area contributed by atoms with Crippen LogP contribution in [-0.4, -0.2) is 35.2 Å². The number of rotatable bonds is 6. The Labute approximate surface area is 102 Å². The van der Waals surface area contributed by atoms with E-state index in [0.29, 0.717) is 19.4 Å². The first-order valence-electron chi connectivity index (χ1n) is 6.17. The lowest BCUT2D eigenvalue weighted by atomic mass is 10.0. The number of carboxylic acid groups (broad SMARTS) is 1. The molecule has 1 rings (SSSR count). The maximum atomic E-state index is 11.9. The van der Waals surface area contributed by atoms with Gasteiger partial charge in [0.25, 0.3) is 5.91 Å². The minimum absolute atomic E-state index is 0.307. The van der Waals surface area contributed by atoms with Crippen molar-refractivity contribution >= 4 is 11.9 Å². The lowest BCUT2D eigenvalue weighted by Crippen LogP contribution is -2.50. The molecule has 1 aliphatic rings. The minimum atomic E-state index is -0.978. The maximum Gasteiger partial charge on any atom is 0.326 e. The molecule has 0 radical (unpaired) electrons. The van der Waals surface area contributed by atoms with Gasteiger partial charge in [0.15, 0.2) is 0 Å². The summed E-state index contributed by atoms with van der Waals surface area (Å²) >= 11 is 0. The summed E-state index contributed by atoms with van der Waals surface area (Å²) in [6.45, 7) is 4.27. The third kappa shape index (κ3) is 3.70. The van der Waals surface area contributed by atoms with Crippen LogP contribution in [0.25, 0.3) is 0 Å². The fraction of sp³-hybridized carbons (Fsp3) is 0.833. The molecule has 5 heteroatoms. The zero-order chi connectivity index (χ0) is 12.9. The van der Waals surface area contributed by atoms with Crippen molar-refractivity contribution in [2.45, 2.75) is 57.6 Å². The lowest BCUT2D eigenvalue weighted by Gasteiger charge is -2.24. The summed E-state index contributed by atoms with van der Waals surface area (Å²) in [4.78, 5) is 23.0. The van der Waals surface area contributed by atoms with Gasteiger partial charge in [-0.1, -0.05) is 19.8 Å². The molecule has 1 amide bonds. The first kappa shape index (κ1) is 14.0.